The molecule has 1 atom stereocenters. The van der Waals surface area contributed by atoms with Gasteiger partial charge in [-0.1, -0.05) is 26.2 Å². The molecule has 0 fully saturated rings. The van der Waals surface area contributed by atoms with Crippen LogP contribution in [-0.4, -0.2) is 9.55 Å². The Morgan fingerprint density at radius 3 is 2.70 bits per heavy atom. The van der Waals surface area contributed by atoms with Gasteiger partial charge in [-0.2, -0.15) is 0 Å². The third kappa shape index (κ3) is 2.95. The van der Waals surface area contributed by atoms with Crippen LogP contribution in [0.2, 0.25) is 0 Å². The minimum absolute atomic E-state index is 0.126. The summed E-state index contributed by atoms with van der Waals surface area (Å²) in [5.41, 5.74) is 0.687. The van der Waals surface area contributed by atoms with Crippen LogP contribution in [0, 0.1) is 11.6 Å². The van der Waals surface area contributed by atoms with Crippen LogP contribution in [0.1, 0.15) is 51.4 Å². The monoisotopic (exact) mass is 300 g/mol. The fraction of sp³-hybridized carbons (Fsp3) is 0.533. The number of unbranched alkanes of at least 4 members (excludes halogenated alkanes) is 2. The Balaban J connectivity index is 2.44. The molecule has 0 bridgehead atoms. The highest BCUT2D eigenvalue weighted by molar-refractivity contribution is 6.16. The molecular weight excluding hydrogens is 282 g/mol. The number of hydrogen-bond acceptors (Lipinski definition) is 1. The van der Waals surface area contributed by atoms with Gasteiger partial charge in [-0.15, -0.1) is 11.6 Å². The van der Waals surface area contributed by atoms with E-state index in [4.69, 9.17) is 11.6 Å². The van der Waals surface area contributed by atoms with Crippen LogP contribution < -0.4 is 0 Å². The van der Waals surface area contributed by atoms with Crippen molar-refractivity contribution >= 4 is 22.6 Å². The Kier molecular flexibility index (Phi) is 4.97. The molecule has 1 aromatic carbocycles. The molecule has 2 rings (SSSR count). The standard InChI is InChI=1S/C15H19ClF2N2/c1-3-4-5-6-10(2)20-13-8-11(17)7-12(18)15(13)19-14(20)9-16/h7-8,10H,3-6,9H2,1-2H3. The summed E-state index contributed by atoms with van der Waals surface area (Å²) in [6, 6.07) is 2.32. The number of benzene rings is 1. The molecule has 1 heterocycles. The Bertz CT molecular complexity index is 595. The van der Waals surface area contributed by atoms with Gasteiger partial charge < -0.3 is 4.57 Å². The average Bonchev–Trinajstić information content (AvgIpc) is 2.77. The highest BCUT2D eigenvalue weighted by atomic mass is 35.5. The molecule has 0 amide bonds. The summed E-state index contributed by atoms with van der Waals surface area (Å²) in [4.78, 5) is 4.21. The van der Waals surface area contributed by atoms with Crippen LogP contribution in [0.3, 0.4) is 0 Å². The summed E-state index contributed by atoms with van der Waals surface area (Å²) >= 11 is 5.90. The van der Waals surface area contributed by atoms with E-state index in [1.54, 1.807) is 0 Å². The molecule has 0 saturated heterocycles. The molecular formula is C15H19ClF2N2. The van der Waals surface area contributed by atoms with E-state index in [1.807, 2.05) is 11.5 Å². The predicted molar refractivity (Wildman–Crippen MR) is 78.1 cm³/mol. The molecule has 0 saturated carbocycles. The summed E-state index contributed by atoms with van der Waals surface area (Å²) < 4.78 is 29.1. The molecule has 0 aliphatic rings. The largest absolute Gasteiger partial charge is 0.324 e. The van der Waals surface area contributed by atoms with Gasteiger partial charge in [0.1, 0.15) is 17.2 Å². The molecule has 110 valence electrons. The second-order valence-corrected chi connectivity index (χ2v) is 5.40. The molecule has 0 spiro atoms. The maximum absolute atomic E-state index is 13.8. The van der Waals surface area contributed by atoms with Gasteiger partial charge in [0.05, 0.1) is 11.4 Å². The Morgan fingerprint density at radius 2 is 2.05 bits per heavy atom. The maximum Gasteiger partial charge on any atom is 0.153 e. The van der Waals surface area contributed by atoms with Gasteiger partial charge in [0.2, 0.25) is 0 Å². The summed E-state index contributed by atoms with van der Waals surface area (Å²) in [5, 5.41) is 0. The van der Waals surface area contributed by atoms with Crippen LogP contribution in [0.25, 0.3) is 11.0 Å². The lowest BCUT2D eigenvalue weighted by Gasteiger charge is -2.17. The van der Waals surface area contributed by atoms with Crippen molar-refractivity contribution in [3.05, 3.63) is 29.6 Å². The number of imidazole rings is 1. The summed E-state index contributed by atoms with van der Waals surface area (Å²) in [6.07, 6.45) is 4.32. The number of rotatable bonds is 6. The first kappa shape index (κ1) is 15.2. The summed E-state index contributed by atoms with van der Waals surface area (Å²) in [7, 11) is 0. The Hall–Kier alpha value is -1.16. The minimum atomic E-state index is -0.633. The zero-order valence-electron chi connectivity index (χ0n) is 11.8. The van der Waals surface area contributed by atoms with E-state index in [1.165, 1.54) is 6.07 Å². The Labute approximate surface area is 122 Å². The van der Waals surface area contributed by atoms with Crippen molar-refractivity contribution in [2.24, 2.45) is 0 Å². The number of halogens is 3. The molecule has 0 aliphatic carbocycles. The maximum atomic E-state index is 13.8. The van der Waals surface area contributed by atoms with E-state index < -0.39 is 11.6 Å². The first-order valence-corrected chi connectivity index (χ1v) is 7.53. The molecule has 5 heteroatoms. The zero-order valence-corrected chi connectivity index (χ0v) is 12.6. The van der Waals surface area contributed by atoms with Crippen molar-refractivity contribution in [3.8, 4) is 0 Å². The zero-order chi connectivity index (χ0) is 14.7. The lowest BCUT2D eigenvalue weighted by atomic mass is 10.1. The molecule has 0 N–H and O–H groups in total. The van der Waals surface area contributed by atoms with Gasteiger partial charge in [0, 0.05) is 12.1 Å². The van der Waals surface area contributed by atoms with Gasteiger partial charge >= 0.3 is 0 Å². The Morgan fingerprint density at radius 1 is 1.30 bits per heavy atom. The number of hydrogen-bond donors (Lipinski definition) is 0. The van der Waals surface area contributed by atoms with Gasteiger partial charge in [0.15, 0.2) is 5.82 Å². The van der Waals surface area contributed by atoms with Crippen LogP contribution in [0.4, 0.5) is 8.78 Å². The van der Waals surface area contributed by atoms with Gasteiger partial charge in [-0.25, -0.2) is 13.8 Å². The molecule has 0 aliphatic heterocycles. The fourth-order valence-electron chi connectivity index (χ4n) is 2.57. The molecule has 1 aromatic heterocycles. The van der Waals surface area contributed by atoms with E-state index >= 15 is 0 Å². The number of nitrogens with zero attached hydrogens (tertiary/aromatic N) is 2. The second kappa shape index (κ2) is 6.53. The normalized spacial score (nSPS) is 13.1. The predicted octanol–water partition coefficient (Wildman–Crippen LogP) is 5.19. The van der Waals surface area contributed by atoms with Gasteiger partial charge in [-0.3, -0.25) is 0 Å². The highest BCUT2D eigenvalue weighted by Crippen LogP contribution is 2.27. The van der Waals surface area contributed by atoms with Crippen molar-refractivity contribution in [2.45, 2.75) is 51.5 Å². The SMILES string of the molecule is CCCCCC(C)n1c(CCl)nc2c(F)cc(F)cc21. The van der Waals surface area contributed by atoms with E-state index in [0.29, 0.717) is 11.3 Å². The fourth-order valence-corrected chi connectivity index (χ4v) is 2.76. The molecule has 2 aromatic rings. The van der Waals surface area contributed by atoms with E-state index in [-0.39, 0.29) is 17.4 Å². The molecule has 20 heavy (non-hydrogen) atoms. The van der Waals surface area contributed by atoms with Crippen LogP contribution >= 0.6 is 11.6 Å². The smallest absolute Gasteiger partial charge is 0.153 e. The van der Waals surface area contributed by atoms with Crippen molar-refractivity contribution in [3.63, 3.8) is 0 Å². The number of aromatic nitrogens is 2. The van der Waals surface area contributed by atoms with E-state index in [2.05, 4.69) is 11.9 Å². The van der Waals surface area contributed by atoms with Gasteiger partial charge in [0.25, 0.3) is 0 Å². The third-order valence-corrected chi connectivity index (χ3v) is 3.81. The first-order chi connectivity index (χ1) is 9.58. The number of alkyl halides is 1. The topological polar surface area (TPSA) is 17.8 Å². The quantitative estimate of drug-likeness (QED) is 0.530. The van der Waals surface area contributed by atoms with E-state index in [0.717, 1.165) is 31.7 Å². The summed E-state index contributed by atoms with van der Waals surface area (Å²) in [5.74, 6) is -0.438. The second-order valence-electron chi connectivity index (χ2n) is 5.13. The average molecular weight is 301 g/mol. The number of fused-ring (bicyclic) bond motifs is 1. The van der Waals surface area contributed by atoms with Crippen LogP contribution in [-0.2, 0) is 5.88 Å². The summed E-state index contributed by atoms with van der Waals surface area (Å²) in [6.45, 7) is 4.18. The van der Waals surface area contributed by atoms with Gasteiger partial charge in [-0.05, 0) is 19.4 Å². The molecule has 1 unspecified atom stereocenters. The first-order valence-electron chi connectivity index (χ1n) is 7.00. The van der Waals surface area contributed by atoms with Crippen LogP contribution in [0.5, 0.6) is 0 Å². The molecule has 2 nitrogen and oxygen atoms in total. The van der Waals surface area contributed by atoms with Crippen molar-refractivity contribution in [1.82, 2.24) is 9.55 Å². The van der Waals surface area contributed by atoms with Crippen molar-refractivity contribution < 1.29 is 8.78 Å². The lowest BCUT2D eigenvalue weighted by molar-refractivity contribution is 0.477. The van der Waals surface area contributed by atoms with Crippen molar-refractivity contribution in [2.75, 3.05) is 0 Å². The minimum Gasteiger partial charge on any atom is -0.324 e. The van der Waals surface area contributed by atoms with Crippen LogP contribution in [0.15, 0.2) is 12.1 Å². The highest BCUT2D eigenvalue weighted by Gasteiger charge is 2.18. The molecule has 0 radical (unpaired) electrons. The lowest BCUT2D eigenvalue weighted by Crippen LogP contribution is -2.08. The van der Waals surface area contributed by atoms with E-state index in [9.17, 15) is 8.78 Å². The van der Waals surface area contributed by atoms with Crippen molar-refractivity contribution in [1.29, 1.82) is 0 Å². The third-order valence-electron chi connectivity index (χ3n) is 3.57.